The largest absolute Gasteiger partial charge is 0.395 e. The highest BCUT2D eigenvalue weighted by Gasteiger charge is 2.29. The van der Waals surface area contributed by atoms with Crippen LogP contribution in [-0.2, 0) is 0 Å². The quantitative estimate of drug-likeness (QED) is 0.897. The van der Waals surface area contributed by atoms with Crippen molar-refractivity contribution < 1.29 is 5.11 Å². The van der Waals surface area contributed by atoms with Crippen LogP contribution >= 0.6 is 15.9 Å². The number of hydrogen-bond acceptors (Lipinski definition) is 3. The second kappa shape index (κ2) is 6.66. The number of nitrogens with zero attached hydrogens (tertiary/aromatic N) is 1. The summed E-state index contributed by atoms with van der Waals surface area (Å²) in [5.74, 6) is 0. The van der Waals surface area contributed by atoms with Crippen molar-refractivity contribution in [3.05, 3.63) is 34.3 Å². The predicted molar refractivity (Wildman–Crippen MR) is 77.4 cm³/mol. The van der Waals surface area contributed by atoms with Crippen molar-refractivity contribution in [2.75, 3.05) is 19.7 Å². The number of aliphatic hydroxyl groups is 1. The van der Waals surface area contributed by atoms with Gasteiger partial charge in [-0.05, 0) is 31.0 Å². The van der Waals surface area contributed by atoms with E-state index >= 15 is 0 Å². The Kier molecular flexibility index (Phi) is 5.18. The summed E-state index contributed by atoms with van der Waals surface area (Å²) < 4.78 is 1.10. The van der Waals surface area contributed by atoms with E-state index in [1.165, 1.54) is 18.4 Å². The molecule has 1 heterocycles. The van der Waals surface area contributed by atoms with Gasteiger partial charge in [-0.1, -0.05) is 40.5 Å². The fraction of sp³-hybridized carbons (Fsp3) is 0.571. The summed E-state index contributed by atoms with van der Waals surface area (Å²) >= 11 is 3.60. The Labute approximate surface area is 117 Å². The van der Waals surface area contributed by atoms with Gasteiger partial charge in [0.15, 0.2) is 0 Å². The Balaban J connectivity index is 2.24. The standard InChI is InChI=1S/C14H21BrN2O/c15-13-7-2-1-6-12(13)14(9-16)17-8-4-3-5-11(17)10-18/h1-2,6-7,11,14,18H,3-5,8-10,16H2. The van der Waals surface area contributed by atoms with Crippen LogP contribution in [0.3, 0.4) is 0 Å². The van der Waals surface area contributed by atoms with Crippen molar-refractivity contribution in [3.63, 3.8) is 0 Å². The van der Waals surface area contributed by atoms with Gasteiger partial charge in [0.2, 0.25) is 0 Å². The van der Waals surface area contributed by atoms with E-state index in [2.05, 4.69) is 33.0 Å². The average molecular weight is 313 g/mol. The summed E-state index contributed by atoms with van der Waals surface area (Å²) in [6.45, 7) is 1.83. The Bertz CT molecular complexity index is 386. The molecule has 100 valence electrons. The fourth-order valence-corrected chi connectivity index (χ4v) is 3.36. The zero-order chi connectivity index (χ0) is 13.0. The van der Waals surface area contributed by atoms with Crippen LogP contribution in [0.4, 0.5) is 0 Å². The van der Waals surface area contributed by atoms with Crippen LogP contribution in [0.1, 0.15) is 30.9 Å². The Morgan fingerprint density at radius 2 is 2.17 bits per heavy atom. The van der Waals surface area contributed by atoms with Gasteiger partial charge in [-0.2, -0.15) is 0 Å². The molecule has 0 aliphatic carbocycles. The van der Waals surface area contributed by atoms with Gasteiger partial charge >= 0.3 is 0 Å². The molecule has 0 aromatic heterocycles. The number of halogens is 1. The molecular formula is C14H21BrN2O. The van der Waals surface area contributed by atoms with E-state index in [4.69, 9.17) is 5.73 Å². The maximum Gasteiger partial charge on any atom is 0.0587 e. The summed E-state index contributed by atoms with van der Waals surface area (Å²) in [5.41, 5.74) is 7.20. The van der Waals surface area contributed by atoms with Gasteiger partial charge in [0.05, 0.1) is 6.61 Å². The van der Waals surface area contributed by atoms with Crippen LogP contribution in [-0.4, -0.2) is 35.7 Å². The monoisotopic (exact) mass is 312 g/mol. The first-order chi connectivity index (χ1) is 8.77. The minimum atomic E-state index is 0.193. The van der Waals surface area contributed by atoms with E-state index in [1.807, 2.05) is 12.1 Å². The van der Waals surface area contributed by atoms with Crippen LogP contribution < -0.4 is 5.73 Å². The average Bonchev–Trinajstić information content (AvgIpc) is 2.42. The lowest BCUT2D eigenvalue weighted by Crippen LogP contribution is -2.46. The first-order valence-corrected chi connectivity index (χ1v) is 7.38. The molecule has 4 heteroatoms. The lowest BCUT2D eigenvalue weighted by molar-refractivity contribution is 0.0550. The van der Waals surface area contributed by atoms with Gasteiger partial charge in [0, 0.05) is 23.1 Å². The molecule has 0 spiro atoms. The Morgan fingerprint density at radius 1 is 1.39 bits per heavy atom. The number of hydrogen-bond donors (Lipinski definition) is 2. The van der Waals surface area contributed by atoms with Crippen LogP contribution in [0.5, 0.6) is 0 Å². The van der Waals surface area contributed by atoms with Gasteiger partial charge in [-0.25, -0.2) is 0 Å². The van der Waals surface area contributed by atoms with Crippen LogP contribution in [0.2, 0.25) is 0 Å². The summed E-state index contributed by atoms with van der Waals surface area (Å²) in [6, 6.07) is 8.67. The molecule has 18 heavy (non-hydrogen) atoms. The number of aliphatic hydroxyl groups excluding tert-OH is 1. The van der Waals surface area contributed by atoms with E-state index in [1.54, 1.807) is 0 Å². The van der Waals surface area contributed by atoms with Crippen LogP contribution in [0.15, 0.2) is 28.7 Å². The van der Waals surface area contributed by atoms with E-state index < -0.39 is 0 Å². The number of nitrogens with two attached hydrogens (primary N) is 1. The molecule has 0 bridgehead atoms. The molecule has 0 saturated carbocycles. The minimum absolute atomic E-state index is 0.193. The maximum absolute atomic E-state index is 9.53. The van der Waals surface area contributed by atoms with E-state index in [0.29, 0.717) is 6.54 Å². The van der Waals surface area contributed by atoms with Gasteiger partial charge in [-0.3, -0.25) is 4.90 Å². The third-order valence-corrected chi connectivity index (χ3v) is 4.49. The number of benzene rings is 1. The van der Waals surface area contributed by atoms with Crippen LogP contribution in [0, 0.1) is 0 Å². The number of rotatable bonds is 4. The van der Waals surface area contributed by atoms with E-state index in [0.717, 1.165) is 17.4 Å². The van der Waals surface area contributed by atoms with Gasteiger partial charge in [0.1, 0.15) is 0 Å². The molecule has 2 rings (SSSR count). The van der Waals surface area contributed by atoms with Crippen molar-refractivity contribution in [1.29, 1.82) is 0 Å². The summed E-state index contributed by atoms with van der Waals surface area (Å²) in [7, 11) is 0. The highest BCUT2D eigenvalue weighted by Crippen LogP contribution is 2.31. The van der Waals surface area contributed by atoms with Gasteiger partial charge in [-0.15, -0.1) is 0 Å². The molecule has 3 nitrogen and oxygen atoms in total. The summed E-state index contributed by atoms with van der Waals surface area (Å²) in [4.78, 5) is 2.36. The first kappa shape index (κ1) is 14.0. The second-order valence-electron chi connectivity index (χ2n) is 4.84. The van der Waals surface area contributed by atoms with Gasteiger partial charge in [0.25, 0.3) is 0 Å². The summed E-state index contributed by atoms with van der Waals surface area (Å²) in [5, 5.41) is 9.53. The SMILES string of the molecule is NCC(c1ccccc1Br)N1CCCCC1CO. The molecule has 1 aliphatic rings. The Hall–Kier alpha value is -0.420. The minimum Gasteiger partial charge on any atom is -0.395 e. The molecule has 1 fully saturated rings. The summed E-state index contributed by atoms with van der Waals surface area (Å²) in [6.07, 6.45) is 3.46. The number of piperidine rings is 1. The number of likely N-dealkylation sites (tertiary alicyclic amines) is 1. The predicted octanol–water partition coefficient (Wildman–Crippen LogP) is 2.30. The molecule has 0 radical (unpaired) electrons. The molecule has 1 aromatic rings. The smallest absolute Gasteiger partial charge is 0.0587 e. The van der Waals surface area contributed by atoms with Crippen molar-refractivity contribution in [2.45, 2.75) is 31.3 Å². The van der Waals surface area contributed by atoms with Crippen molar-refractivity contribution in [2.24, 2.45) is 5.73 Å². The normalized spacial score (nSPS) is 22.9. The fourth-order valence-electron chi connectivity index (χ4n) is 2.82. The zero-order valence-electron chi connectivity index (χ0n) is 10.6. The molecule has 1 aromatic carbocycles. The van der Waals surface area contributed by atoms with Crippen LogP contribution in [0.25, 0.3) is 0 Å². The molecular weight excluding hydrogens is 292 g/mol. The highest BCUT2D eigenvalue weighted by atomic mass is 79.9. The van der Waals surface area contributed by atoms with E-state index in [-0.39, 0.29) is 18.7 Å². The van der Waals surface area contributed by atoms with E-state index in [9.17, 15) is 5.11 Å². The lowest BCUT2D eigenvalue weighted by Gasteiger charge is -2.40. The van der Waals surface area contributed by atoms with Gasteiger partial charge < -0.3 is 10.8 Å². The lowest BCUT2D eigenvalue weighted by atomic mass is 9.96. The highest BCUT2D eigenvalue weighted by molar-refractivity contribution is 9.10. The molecule has 0 amide bonds. The maximum atomic E-state index is 9.53. The molecule has 3 N–H and O–H groups in total. The second-order valence-corrected chi connectivity index (χ2v) is 5.70. The van der Waals surface area contributed by atoms with Crippen molar-refractivity contribution >= 4 is 15.9 Å². The first-order valence-electron chi connectivity index (χ1n) is 6.59. The zero-order valence-corrected chi connectivity index (χ0v) is 12.1. The molecule has 1 aliphatic heterocycles. The molecule has 1 saturated heterocycles. The topological polar surface area (TPSA) is 49.5 Å². The third-order valence-electron chi connectivity index (χ3n) is 3.77. The molecule has 2 atom stereocenters. The van der Waals surface area contributed by atoms with Crippen molar-refractivity contribution in [3.8, 4) is 0 Å². The molecule has 2 unspecified atom stereocenters. The van der Waals surface area contributed by atoms with Crippen molar-refractivity contribution in [1.82, 2.24) is 4.90 Å². The Morgan fingerprint density at radius 3 is 2.83 bits per heavy atom. The third kappa shape index (κ3) is 2.94.